The van der Waals surface area contributed by atoms with Crippen LogP contribution in [0.4, 0.5) is 4.39 Å². The molecule has 0 heterocycles. The van der Waals surface area contributed by atoms with Crippen molar-refractivity contribution in [2.45, 2.75) is 16.1 Å². The van der Waals surface area contributed by atoms with Crippen molar-refractivity contribution in [3.05, 3.63) is 64.9 Å². The molecule has 1 N–H and O–H groups in total. The standard InChI is InChI=1S/C18H16ClFO5S/c1-25-10-18(17(21)22)15(11-3-2-4-13(20)9-11)16(18)26(23,24)14-7-5-12(19)6-8-14/h2-9,15-16H,10H2,1H3,(H,21,22)/t15-,16+,18+/m1/s1. The zero-order chi connectivity index (χ0) is 19.1. The highest BCUT2D eigenvalue weighted by Gasteiger charge is 2.76. The summed E-state index contributed by atoms with van der Waals surface area (Å²) >= 11 is 5.80. The minimum atomic E-state index is -4.01. The third-order valence-electron chi connectivity index (χ3n) is 4.72. The second-order valence-electron chi connectivity index (χ2n) is 6.23. The largest absolute Gasteiger partial charge is 0.481 e. The predicted octanol–water partition coefficient (Wildman–Crippen LogP) is 3.14. The van der Waals surface area contributed by atoms with E-state index in [-0.39, 0.29) is 11.5 Å². The van der Waals surface area contributed by atoms with Crippen LogP contribution in [0, 0.1) is 11.2 Å². The van der Waals surface area contributed by atoms with Gasteiger partial charge in [-0.05, 0) is 42.0 Å². The van der Waals surface area contributed by atoms with Crippen LogP contribution in [0.5, 0.6) is 0 Å². The Kier molecular flexibility index (Phi) is 4.81. The summed E-state index contributed by atoms with van der Waals surface area (Å²) in [6, 6.07) is 10.8. The van der Waals surface area contributed by atoms with Crippen LogP contribution in [0.15, 0.2) is 53.4 Å². The number of carboxylic acid groups (broad SMARTS) is 1. The molecule has 26 heavy (non-hydrogen) atoms. The Labute approximate surface area is 155 Å². The van der Waals surface area contributed by atoms with Gasteiger partial charge < -0.3 is 9.84 Å². The van der Waals surface area contributed by atoms with E-state index in [0.29, 0.717) is 10.6 Å². The molecule has 3 rings (SSSR count). The van der Waals surface area contributed by atoms with Gasteiger partial charge in [-0.1, -0.05) is 23.7 Å². The van der Waals surface area contributed by atoms with Crippen LogP contribution in [0.2, 0.25) is 5.02 Å². The molecule has 0 amide bonds. The van der Waals surface area contributed by atoms with Gasteiger partial charge in [-0.15, -0.1) is 0 Å². The molecular weight excluding hydrogens is 383 g/mol. The van der Waals surface area contributed by atoms with Gasteiger partial charge in [0.15, 0.2) is 9.84 Å². The minimum Gasteiger partial charge on any atom is -0.481 e. The van der Waals surface area contributed by atoms with Gasteiger partial charge in [-0.2, -0.15) is 0 Å². The molecule has 0 aromatic heterocycles. The zero-order valence-corrected chi connectivity index (χ0v) is 15.3. The Bertz CT molecular complexity index is 944. The van der Waals surface area contributed by atoms with E-state index in [4.69, 9.17) is 16.3 Å². The number of sulfone groups is 1. The van der Waals surface area contributed by atoms with Crippen molar-refractivity contribution in [2.75, 3.05) is 13.7 Å². The van der Waals surface area contributed by atoms with E-state index in [1.165, 1.54) is 49.6 Å². The lowest BCUT2D eigenvalue weighted by molar-refractivity contribution is -0.145. The number of methoxy groups -OCH3 is 1. The lowest BCUT2D eigenvalue weighted by Crippen LogP contribution is -2.28. The highest BCUT2D eigenvalue weighted by atomic mass is 35.5. The highest BCUT2D eigenvalue weighted by molar-refractivity contribution is 7.92. The van der Waals surface area contributed by atoms with E-state index in [1.807, 2.05) is 0 Å². The number of halogens is 2. The summed E-state index contributed by atoms with van der Waals surface area (Å²) in [7, 11) is -2.71. The molecule has 8 heteroatoms. The summed E-state index contributed by atoms with van der Waals surface area (Å²) < 4.78 is 44.9. The van der Waals surface area contributed by atoms with Gasteiger partial charge in [0.2, 0.25) is 0 Å². The lowest BCUT2D eigenvalue weighted by atomic mass is 10.00. The Balaban J connectivity index is 2.13. The van der Waals surface area contributed by atoms with Gasteiger partial charge in [0, 0.05) is 18.1 Å². The van der Waals surface area contributed by atoms with Crippen molar-refractivity contribution in [3.8, 4) is 0 Å². The number of hydrogen-bond acceptors (Lipinski definition) is 4. The van der Waals surface area contributed by atoms with Crippen LogP contribution in [0.3, 0.4) is 0 Å². The molecular formula is C18H16ClFO5S. The van der Waals surface area contributed by atoms with Gasteiger partial charge in [0.1, 0.15) is 11.2 Å². The maximum absolute atomic E-state index is 13.6. The van der Waals surface area contributed by atoms with Crippen LogP contribution in [0.1, 0.15) is 11.5 Å². The van der Waals surface area contributed by atoms with Crippen molar-refractivity contribution in [1.82, 2.24) is 0 Å². The second kappa shape index (κ2) is 6.64. The first-order valence-corrected chi connectivity index (χ1v) is 9.65. The van der Waals surface area contributed by atoms with Crippen LogP contribution in [-0.2, 0) is 19.4 Å². The first-order valence-electron chi connectivity index (χ1n) is 7.72. The molecule has 0 unspecified atom stereocenters. The van der Waals surface area contributed by atoms with Crippen molar-refractivity contribution in [2.24, 2.45) is 5.41 Å². The first-order chi connectivity index (χ1) is 12.2. The van der Waals surface area contributed by atoms with E-state index in [1.54, 1.807) is 0 Å². The van der Waals surface area contributed by atoms with Crippen LogP contribution in [-0.4, -0.2) is 38.5 Å². The normalized spacial score (nSPS) is 25.0. The highest BCUT2D eigenvalue weighted by Crippen LogP contribution is 2.64. The molecule has 2 aromatic carbocycles. The number of carbonyl (C=O) groups is 1. The summed E-state index contributed by atoms with van der Waals surface area (Å²) in [4.78, 5) is 12.0. The second-order valence-corrected chi connectivity index (χ2v) is 8.74. The first kappa shape index (κ1) is 18.8. The molecule has 0 aliphatic heterocycles. The molecule has 2 aromatic rings. The predicted molar refractivity (Wildman–Crippen MR) is 93.5 cm³/mol. The third-order valence-corrected chi connectivity index (χ3v) is 7.26. The van der Waals surface area contributed by atoms with E-state index in [2.05, 4.69) is 0 Å². The van der Waals surface area contributed by atoms with Crippen molar-refractivity contribution in [3.63, 3.8) is 0 Å². The van der Waals surface area contributed by atoms with Gasteiger partial charge in [0.05, 0.1) is 16.8 Å². The summed E-state index contributed by atoms with van der Waals surface area (Å²) in [6.07, 6.45) is 0. The van der Waals surface area contributed by atoms with Crippen molar-refractivity contribution in [1.29, 1.82) is 0 Å². The zero-order valence-electron chi connectivity index (χ0n) is 13.7. The number of hydrogen-bond donors (Lipinski definition) is 1. The molecule has 1 aliphatic rings. The SMILES string of the molecule is COC[C@]1(C(=O)O)[C@H](c2cccc(F)c2)[C@@H]1S(=O)(=O)c1ccc(Cl)cc1. The van der Waals surface area contributed by atoms with Crippen LogP contribution in [0.25, 0.3) is 0 Å². The quantitative estimate of drug-likeness (QED) is 0.808. The minimum absolute atomic E-state index is 0.0347. The number of benzene rings is 2. The number of ether oxygens (including phenoxy) is 1. The van der Waals surface area contributed by atoms with Crippen molar-refractivity contribution >= 4 is 27.4 Å². The molecule has 0 saturated heterocycles. The van der Waals surface area contributed by atoms with Crippen molar-refractivity contribution < 1.29 is 27.4 Å². The maximum atomic E-state index is 13.6. The van der Waals surface area contributed by atoms with Gasteiger partial charge in [-0.25, -0.2) is 12.8 Å². The fourth-order valence-electron chi connectivity index (χ4n) is 3.53. The smallest absolute Gasteiger partial charge is 0.314 e. The van der Waals surface area contributed by atoms with Gasteiger partial charge in [0.25, 0.3) is 0 Å². The molecule has 0 bridgehead atoms. The fourth-order valence-corrected chi connectivity index (χ4v) is 6.01. The molecule has 0 radical (unpaired) electrons. The summed E-state index contributed by atoms with van der Waals surface area (Å²) in [5.74, 6) is -2.78. The lowest BCUT2D eigenvalue weighted by Gasteiger charge is -2.12. The van der Waals surface area contributed by atoms with Gasteiger partial charge in [-0.3, -0.25) is 4.79 Å². The van der Waals surface area contributed by atoms with E-state index < -0.39 is 38.2 Å². The Morgan fingerprint density at radius 2 is 1.92 bits per heavy atom. The van der Waals surface area contributed by atoms with E-state index >= 15 is 0 Å². The molecule has 3 atom stereocenters. The van der Waals surface area contributed by atoms with Gasteiger partial charge >= 0.3 is 5.97 Å². The average Bonchev–Trinajstić information content (AvgIpc) is 3.27. The topological polar surface area (TPSA) is 80.7 Å². The van der Waals surface area contributed by atoms with Crippen LogP contribution >= 0.6 is 11.6 Å². The number of aliphatic carboxylic acids is 1. The Hall–Kier alpha value is -1.96. The summed E-state index contributed by atoms with van der Waals surface area (Å²) in [6.45, 7) is -0.305. The molecule has 1 aliphatic carbocycles. The van der Waals surface area contributed by atoms with E-state index in [0.717, 1.165) is 6.07 Å². The molecule has 0 spiro atoms. The number of carboxylic acids is 1. The Morgan fingerprint density at radius 3 is 2.46 bits per heavy atom. The molecule has 1 saturated carbocycles. The molecule has 5 nitrogen and oxygen atoms in total. The summed E-state index contributed by atoms with van der Waals surface area (Å²) in [5, 5.41) is 8.90. The summed E-state index contributed by atoms with van der Waals surface area (Å²) in [5.41, 5.74) is -1.37. The monoisotopic (exact) mass is 398 g/mol. The average molecular weight is 399 g/mol. The Morgan fingerprint density at radius 1 is 1.27 bits per heavy atom. The van der Waals surface area contributed by atoms with Crippen LogP contribution < -0.4 is 0 Å². The van der Waals surface area contributed by atoms with E-state index in [9.17, 15) is 22.7 Å². The number of rotatable bonds is 6. The maximum Gasteiger partial charge on any atom is 0.314 e. The molecule has 1 fully saturated rings. The molecule has 138 valence electrons. The third kappa shape index (κ3) is 2.90. The fraction of sp³-hybridized carbons (Fsp3) is 0.278.